The van der Waals surface area contributed by atoms with Gasteiger partial charge in [0.2, 0.25) is 0 Å². The molecule has 2 rings (SSSR count). The van der Waals surface area contributed by atoms with Gasteiger partial charge in [0.25, 0.3) is 0 Å². The van der Waals surface area contributed by atoms with Crippen molar-refractivity contribution in [1.29, 1.82) is 0 Å². The molecule has 0 saturated carbocycles. The second-order valence-electron chi connectivity index (χ2n) is 3.32. The summed E-state index contributed by atoms with van der Waals surface area (Å²) >= 11 is 0. The van der Waals surface area contributed by atoms with E-state index in [9.17, 15) is 5.11 Å². The van der Waals surface area contributed by atoms with Crippen LogP contribution in [0.2, 0.25) is 0 Å². The molecular formula is C9H14N2O. The number of aliphatic hydroxyl groups excluding tert-OH is 1. The molecule has 3 nitrogen and oxygen atoms in total. The van der Waals surface area contributed by atoms with Crippen molar-refractivity contribution in [2.45, 2.75) is 12.5 Å². The lowest BCUT2D eigenvalue weighted by molar-refractivity contribution is 0.114. The summed E-state index contributed by atoms with van der Waals surface area (Å²) < 4.78 is 0. The predicted molar refractivity (Wildman–Crippen MR) is 46.7 cm³/mol. The van der Waals surface area contributed by atoms with Gasteiger partial charge in [-0.15, -0.1) is 0 Å². The van der Waals surface area contributed by atoms with Crippen molar-refractivity contribution < 1.29 is 5.11 Å². The Kier molecular flexibility index (Phi) is 2.15. The Labute approximate surface area is 71.8 Å². The number of H-pyrrole nitrogens is 1. The summed E-state index contributed by atoms with van der Waals surface area (Å²) in [5, 5.41) is 13.1. The lowest BCUT2D eigenvalue weighted by Crippen LogP contribution is -2.16. The summed E-state index contributed by atoms with van der Waals surface area (Å²) in [6.45, 7) is 1.96. The van der Waals surface area contributed by atoms with Crippen molar-refractivity contribution in [1.82, 2.24) is 10.3 Å². The van der Waals surface area contributed by atoms with Crippen LogP contribution in [0.4, 0.5) is 0 Å². The van der Waals surface area contributed by atoms with Gasteiger partial charge in [-0.25, -0.2) is 0 Å². The highest BCUT2D eigenvalue weighted by Crippen LogP contribution is 2.24. The van der Waals surface area contributed by atoms with E-state index in [1.54, 1.807) is 0 Å². The van der Waals surface area contributed by atoms with E-state index in [4.69, 9.17) is 0 Å². The Morgan fingerprint density at radius 3 is 3.08 bits per heavy atom. The highest BCUT2D eigenvalue weighted by Gasteiger charge is 2.24. The van der Waals surface area contributed by atoms with Gasteiger partial charge in [-0.3, -0.25) is 0 Å². The molecule has 12 heavy (non-hydrogen) atoms. The standard InChI is InChI=1S/C9H14N2O/c12-9(7-3-5-10-6-7)8-2-1-4-11-8/h1-2,4,7,9-12H,3,5-6H2/t7-,9?/m0/s1. The van der Waals surface area contributed by atoms with Crippen LogP contribution in [0.3, 0.4) is 0 Å². The number of hydrogen-bond acceptors (Lipinski definition) is 2. The molecule has 2 atom stereocenters. The van der Waals surface area contributed by atoms with Gasteiger partial charge in [-0.2, -0.15) is 0 Å². The van der Waals surface area contributed by atoms with Crippen LogP contribution in [-0.2, 0) is 0 Å². The average molecular weight is 166 g/mol. The highest BCUT2D eigenvalue weighted by molar-refractivity contribution is 5.08. The summed E-state index contributed by atoms with van der Waals surface area (Å²) in [5.41, 5.74) is 0.934. The van der Waals surface area contributed by atoms with E-state index in [0.29, 0.717) is 5.92 Å². The van der Waals surface area contributed by atoms with E-state index < -0.39 is 0 Å². The Balaban J connectivity index is 2.04. The van der Waals surface area contributed by atoms with Gasteiger partial charge in [-0.05, 0) is 25.1 Å². The summed E-state index contributed by atoms with van der Waals surface area (Å²) in [6, 6.07) is 3.85. The first kappa shape index (κ1) is 7.83. The third kappa shape index (κ3) is 1.38. The maximum atomic E-state index is 9.84. The maximum Gasteiger partial charge on any atom is 0.0978 e. The summed E-state index contributed by atoms with van der Waals surface area (Å²) in [7, 11) is 0. The molecule has 66 valence electrons. The van der Waals surface area contributed by atoms with Crippen LogP contribution >= 0.6 is 0 Å². The topological polar surface area (TPSA) is 48.0 Å². The summed E-state index contributed by atoms with van der Waals surface area (Å²) in [4.78, 5) is 3.04. The number of aromatic nitrogens is 1. The van der Waals surface area contributed by atoms with Crippen LogP contribution in [0.25, 0.3) is 0 Å². The monoisotopic (exact) mass is 166 g/mol. The Morgan fingerprint density at radius 2 is 2.50 bits per heavy atom. The largest absolute Gasteiger partial charge is 0.387 e. The minimum atomic E-state index is -0.324. The Bertz CT molecular complexity index is 227. The van der Waals surface area contributed by atoms with E-state index >= 15 is 0 Å². The molecule has 0 bridgehead atoms. The predicted octanol–water partition coefficient (Wildman–Crippen LogP) is 0.658. The number of aliphatic hydroxyl groups is 1. The van der Waals surface area contributed by atoms with Crippen molar-refractivity contribution in [3.63, 3.8) is 0 Å². The molecule has 0 spiro atoms. The van der Waals surface area contributed by atoms with E-state index in [-0.39, 0.29) is 6.10 Å². The molecular weight excluding hydrogens is 152 g/mol. The van der Waals surface area contributed by atoms with E-state index in [1.165, 1.54) is 0 Å². The third-order valence-electron chi connectivity index (χ3n) is 2.49. The molecule has 2 heterocycles. The molecule has 1 unspecified atom stereocenters. The second kappa shape index (κ2) is 3.29. The first-order chi connectivity index (χ1) is 5.88. The fourth-order valence-corrected chi connectivity index (χ4v) is 1.73. The van der Waals surface area contributed by atoms with Gasteiger partial charge in [-0.1, -0.05) is 0 Å². The van der Waals surface area contributed by atoms with E-state index in [2.05, 4.69) is 10.3 Å². The average Bonchev–Trinajstić information content (AvgIpc) is 2.77. The van der Waals surface area contributed by atoms with Crippen molar-refractivity contribution in [2.75, 3.05) is 13.1 Å². The van der Waals surface area contributed by atoms with Gasteiger partial charge in [0.1, 0.15) is 0 Å². The number of nitrogens with one attached hydrogen (secondary N) is 2. The summed E-state index contributed by atoms with van der Waals surface area (Å²) in [5.74, 6) is 0.378. The van der Waals surface area contributed by atoms with Crippen molar-refractivity contribution in [3.05, 3.63) is 24.0 Å². The first-order valence-electron chi connectivity index (χ1n) is 4.40. The molecule has 0 aliphatic carbocycles. The van der Waals surface area contributed by atoms with E-state index in [1.807, 2.05) is 18.3 Å². The van der Waals surface area contributed by atoms with Gasteiger partial charge in [0.05, 0.1) is 6.10 Å². The Hall–Kier alpha value is -0.800. The van der Waals surface area contributed by atoms with Gasteiger partial charge >= 0.3 is 0 Å². The molecule has 1 aromatic rings. The highest BCUT2D eigenvalue weighted by atomic mass is 16.3. The van der Waals surface area contributed by atoms with Crippen LogP contribution in [0.15, 0.2) is 18.3 Å². The molecule has 1 aliphatic rings. The van der Waals surface area contributed by atoms with Crippen LogP contribution < -0.4 is 5.32 Å². The summed E-state index contributed by atoms with van der Waals surface area (Å²) in [6.07, 6.45) is 2.59. The van der Waals surface area contributed by atoms with Gasteiger partial charge < -0.3 is 15.4 Å². The quantitative estimate of drug-likeness (QED) is 0.604. The molecule has 1 aliphatic heterocycles. The molecule has 0 amide bonds. The fraction of sp³-hybridized carbons (Fsp3) is 0.556. The minimum absolute atomic E-state index is 0.324. The third-order valence-corrected chi connectivity index (χ3v) is 2.49. The fourth-order valence-electron chi connectivity index (χ4n) is 1.73. The zero-order valence-electron chi connectivity index (χ0n) is 6.96. The smallest absolute Gasteiger partial charge is 0.0978 e. The number of aromatic amines is 1. The van der Waals surface area contributed by atoms with Crippen LogP contribution in [-0.4, -0.2) is 23.2 Å². The van der Waals surface area contributed by atoms with Gasteiger partial charge in [0.15, 0.2) is 0 Å². The SMILES string of the molecule is OC(c1ccc[nH]1)[C@H]1CCNC1. The Morgan fingerprint density at radius 1 is 1.58 bits per heavy atom. The van der Waals surface area contributed by atoms with Crippen LogP contribution in [0, 0.1) is 5.92 Å². The van der Waals surface area contributed by atoms with Crippen molar-refractivity contribution >= 4 is 0 Å². The molecule has 1 aromatic heterocycles. The second-order valence-corrected chi connectivity index (χ2v) is 3.32. The molecule has 3 N–H and O–H groups in total. The van der Waals surface area contributed by atoms with Gasteiger partial charge in [0, 0.05) is 24.4 Å². The zero-order valence-corrected chi connectivity index (χ0v) is 6.96. The first-order valence-corrected chi connectivity index (χ1v) is 4.40. The molecule has 3 heteroatoms. The molecule has 1 fully saturated rings. The molecule has 0 radical (unpaired) electrons. The lowest BCUT2D eigenvalue weighted by atomic mass is 9.99. The zero-order chi connectivity index (χ0) is 8.39. The maximum absolute atomic E-state index is 9.84. The molecule has 1 saturated heterocycles. The van der Waals surface area contributed by atoms with Crippen molar-refractivity contribution in [3.8, 4) is 0 Å². The lowest BCUT2D eigenvalue weighted by Gasteiger charge is -2.15. The van der Waals surface area contributed by atoms with Crippen molar-refractivity contribution in [2.24, 2.45) is 5.92 Å². The van der Waals surface area contributed by atoms with Crippen LogP contribution in [0.1, 0.15) is 18.2 Å². The van der Waals surface area contributed by atoms with Crippen LogP contribution in [0.5, 0.6) is 0 Å². The molecule has 0 aromatic carbocycles. The minimum Gasteiger partial charge on any atom is -0.387 e. The number of rotatable bonds is 2. The van der Waals surface area contributed by atoms with E-state index in [0.717, 1.165) is 25.2 Å². The normalized spacial score (nSPS) is 25.9. The number of hydrogen-bond donors (Lipinski definition) is 3.